The smallest absolute Gasteiger partial charge is 0.151 e. The number of aromatic nitrogens is 2. The Hall–Kier alpha value is -2.73. The predicted octanol–water partition coefficient (Wildman–Crippen LogP) is 6.41. The predicted molar refractivity (Wildman–Crippen MR) is 128 cm³/mol. The maximum atomic E-state index is 5.89. The van der Waals surface area contributed by atoms with Crippen LogP contribution in [0.25, 0.3) is 20.9 Å². The zero-order valence-electron chi connectivity index (χ0n) is 17.0. The molecular formula is C23H23N4O2PS. The van der Waals surface area contributed by atoms with Crippen molar-refractivity contribution in [3.8, 4) is 16.4 Å². The van der Waals surface area contributed by atoms with Crippen LogP contribution in [0, 0.1) is 0 Å². The van der Waals surface area contributed by atoms with Gasteiger partial charge in [0.05, 0.1) is 30.2 Å². The zero-order valence-corrected chi connectivity index (χ0v) is 18.8. The molecular weight excluding hydrogens is 427 g/mol. The van der Waals surface area contributed by atoms with Gasteiger partial charge in [-0.25, -0.2) is 9.97 Å². The summed E-state index contributed by atoms with van der Waals surface area (Å²) >= 11 is 1.63. The number of hydrogen-bond acceptors (Lipinski definition) is 7. The molecule has 1 N–H and O–H groups in total. The van der Waals surface area contributed by atoms with Crippen LogP contribution in [0.2, 0.25) is 0 Å². The number of nitrogens with one attached hydrogen (secondary N) is 1. The van der Waals surface area contributed by atoms with E-state index in [0.717, 1.165) is 44.7 Å². The summed E-state index contributed by atoms with van der Waals surface area (Å²) in [5.41, 5.74) is 3.03. The van der Waals surface area contributed by atoms with Crippen molar-refractivity contribution in [1.29, 1.82) is 0 Å². The zero-order chi connectivity index (χ0) is 21.0. The summed E-state index contributed by atoms with van der Waals surface area (Å²) in [5, 5.41) is 3.40. The Morgan fingerprint density at radius 1 is 1.23 bits per heavy atom. The summed E-state index contributed by atoms with van der Waals surface area (Å²) in [6.07, 6.45) is 6.04. The number of hydrogen-bond donors (Lipinski definition) is 1. The van der Waals surface area contributed by atoms with Crippen molar-refractivity contribution >= 4 is 41.9 Å². The number of anilines is 2. The summed E-state index contributed by atoms with van der Waals surface area (Å²) in [5.74, 6) is 4.20. The molecule has 0 spiro atoms. The second kappa shape index (κ2) is 9.18. The monoisotopic (exact) mass is 450 g/mol. The third-order valence-corrected chi connectivity index (χ3v) is 6.84. The first kappa shape index (κ1) is 20.2. The van der Waals surface area contributed by atoms with Crippen LogP contribution < -0.4 is 9.84 Å². The lowest BCUT2D eigenvalue weighted by atomic mass is 10.2. The molecule has 1 aliphatic heterocycles. The van der Waals surface area contributed by atoms with E-state index in [2.05, 4.69) is 38.9 Å². The van der Waals surface area contributed by atoms with Crippen molar-refractivity contribution in [2.75, 3.05) is 18.4 Å². The van der Waals surface area contributed by atoms with Gasteiger partial charge < -0.3 is 14.3 Å². The van der Waals surface area contributed by atoms with E-state index in [1.807, 2.05) is 30.5 Å². The van der Waals surface area contributed by atoms with Gasteiger partial charge in [0.1, 0.15) is 17.8 Å². The average molecular weight is 451 g/mol. The summed E-state index contributed by atoms with van der Waals surface area (Å²) in [4.78, 5) is 12.4. The van der Waals surface area contributed by atoms with Gasteiger partial charge in [0.15, 0.2) is 5.82 Å². The normalized spacial score (nSPS) is 14.6. The van der Waals surface area contributed by atoms with Gasteiger partial charge in [-0.05, 0) is 56.0 Å². The van der Waals surface area contributed by atoms with Gasteiger partial charge in [-0.15, -0.1) is 11.3 Å². The van der Waals surface area contributed by atoms with Crippen LogP contribution in [0.4, 0.5) is 11.5 Å². The van der Waals surface area contributed by atoms with E-state index >= 15 is 0 Å². The van der Waals surface area contributed by atoms with Crippen LogP contribution >= 0.6 is 20.1 Å². The SMILES string of the molecule is C=CPOc1cccc(Nc2ncnc3cc(-c4cc(CN5CCCC5)co4)sc23)c1. The van der Waals surface area contributed by atoms with Crippen LogP contribution in [-0.2, 0) is 6.54 Å². The van der Waals surface area contributed by atoms with E-state index in [0.29, 0.717) is 0 Å². The van der Waals surface area contributed by atoms with Crippen molar-refractivity contribution in [2.45, 2.75) is 19.4 Å². The summed E-state index contributed by atoms with van der Waals surface area (Å²) in [7, 11) is 0.231. The Kier molecular flexibility index (Phi) is 5.98. The highest BCUT2D eigenvalue weighted by atomic mass is 32.1. The molecule has 1 aliphatic rings. The highest BCUT2D eigenvalue weighted by molar-refractivity contribution is 7.36. The van der Waals surface area contributed by atoms with Crippen molar-refractivity contribution < 1.29 is 8.94 Å². The molecule has 3 aromatic heterocycles. The number of likely N-dealkylation sites (tertiary alicyclic amines) is 1. The number of benzene rings is 1. The molecule has 0 saturated carbocycles. The molecule has 4 aromatic rings. The maximum absolute atomic E-state index is 5.89. The Labute approximate surface area is 186 Å². The van der Waals surface area contributed by atoms with Gasteiger partial charge in [-0.3, -0.25) is 4.90 Å². The minimum Gasteiger partial charge on any atom is -0.473 e. The van der Waals surface area contributed by atoms with Crippen LogP contribution in [0.1, 0.15) is 18.4 Å². The topological polar surface area (TPSA) is 63.4 Å². The van der Waals surface area contributed by atoms with Crippen LogP contribution in [0.3, 0.4) is 0 Å². The number of fused-ring (bicyclic) bond motifs is 1. The van der Waals surface area contributed by atoms with Crippen LogP contribution in [0.15, 0.2) is 65.8 Å². The third kappa shape index (κ3) is 4.64. The molecule has 0 radical (unpaired) electrons. The summed E-state index contributed by atoms with van der Waals surface area (Å²) in [6.45, 7) is 7.00. The molecule has 8 heteroatoms. The highest BCUT2D eigenvalue weighted by Crippen LogP contribution is 2.37. The molecule has 1 unspecified atom stereocenters. The van der Waals surface area contributed by atoms with E-state index in [1.165, 1.54) is 31.5 Å². The standard InChI is InChI=1S/C23H23N4O2PS/c1-2-30-29-18-7-5-6-17(11-18)26-23-22-19(24-15-25-23)12-21(31-22)20-10-16(14-28-20)13-27-8-3-4-9-27/h2,5-7,10-12,14-15,30H,1,3-4,8-9,13H2,(H,24,25,26). The molecule has 0 aliphatic carbocycles. The van der Waals surface area contributed by atoms with E-state index < -0.39 is 0 Å². The van der Waals surface area contributed by atoms with E-state index in [1.54, 1.807) is 23.5 Å². The Morgan fingerprint density at radius 2 is 2.13 bits per heavy atom. The molecule has 0 amide bonds. The lowest BCUT2D eigenvalue weighted by molar-refractivity contribution is 0.330. The summed E-state index contributed by atoms with van der Waals surface area (Å²) in [6, 6.07) is 12.0. The lowest BCUT2D eigenvalue weighted by Gasteiger charge is -2.11. The van der Waals surface area contributed by atoms with Gasteiger partial charge >= 0.3 is 0 Å². The largest absolute Gasteiger partial charge is 0.473 e. The minimum absolute atomic E-state index is 0.231. The van der Waals surface area contributed by atoms with Gasteiger partial charge in [-0.2, -0.15) is 0 Å². The van der Waals surface area contributed by atoms with E-state index in [9.17, 15) is 0 Å². The first-order chi connectivity index (χ1) is 15.3. The fraction of sp³-hybridized carbons (Fsp3) is 0.217. The highest BCUT2D eigenvalue weighted by Gasteiger charge is 2.16. The third-order valence-electron chi connectivity index (χ3n) is 5.17. The number of rotatable bonds is 8. The second-order valence-electron chi connectivity index (χ2n) is 7.43. The van der Waals surface area contributed by atoms with Crippen molar-refractivity contribution in [2.24, 2.45) is 0 Å². The van der Waals surface area contributed by atoms with Crippen molar-refractivity contribution in [3.05, 3.63) is 66.9 Å². The molecule has 1 saturated heterocycles. The molecule has 0 bridgehead atoms. The van der Waals surface area contributed by atoms with Crippen molar-refractivity contribution in [3.63, 3.8) is 0 Å². The Balaban J connectivity index is 1.38. The molecule has 4 heterocycles. The fourth-order valence-electron chi connectivity index (χ4n) is 3.74. The van der Waals surface area contributed by atoms with Gasteiger partial charge in [0.25, 0.3) is 0 Å². The fourth-order valence-corrected chi connectivity index (χ4v) is 5.10. The second-order valence-corrected chi connectivity index (χ2v) is 9.33. The maximum Gasteiger partial charge on any atom is 0.151 e. The van der Waals surface area contributed by atoms with Crippen LogP contribution in [0.5, 0.6) is 5.75 Å². The molecule has 1 aromatic carbocycles. The first-order valence-corrected chi connectivity index (χ1v) is 12.0. The van der Waals surface area contributed by atoms with E-state index in [4.69, 9.17) is 8.94 Å². The van der Waals surface area contributed by atoms with Gasteiger partial charge in [0.2, 0.25) is 0 Å². The molecule has 5 rings (SSSR count). The summed E-state index contributed by atoms with van der Waals surface area (Å²) < 4.78 is 12.5. The van der Waals surface area contributed by atoms with Gasteiger partial charge in [-0.1, -0.05) is 12.6 Å². The first-order valence-electron chi connectivity index (χ1n) is 10.2. The molecule has 158 valence electrons. The lowest BCUT2D eigenvalue weighted by Crippen LogP contribution is -2.17. The number of thiophene rings is 1. The van der Waals surface area contributed by atoms with Crippen molar-refractivity contribution in [1.82, 2.24) is 14.9 Å². The quantitative estimate of drug-likeness (QED) is 0.313. The molecule has 6 nitrogen and oxygen atoms in total. The Bertz CT molecular complexity index is 1200. The van der Waals surface area contributed by atoms with Crippen LogP contribution in [-0.4, -0.2) is 28.0 Å². The number of nitrogens with zero attached hydrogens (tertiary/aromatic N) is 3. The average Bonchev–Trinajstić information content (AvgIpc) is 3.54. The molecule has 1 atom stereocenters. The van der Waals surface area contributed by atoms with E-state index in [-0.39, 0.29) is 8.81 Å². The molecule has 31 heavy (non-hydrogen) atoms. The minimum atomic E-state index is 0.231. The Morgan fingerprint density at radius 3 is 3.00 bits per heavy atom. The number of furan rings is 1. The van der Waals surface area contributed by atoms with Gasteiger partial charge in [0, 0.05) is 23.9 Å². The molecule has 1 fully saturated rings.